The molecule has 0 amide bonds. The monoisotopic (exact) mass is 686 g/mol. The first kappa shape index (κ1) is 48.2. The number of aliphatic hydroxyl groups is 2. The van der Waals surface area contributed by atoms with Gasteiger partial charge in [0.2, 0.25) is 0 Å². The maximum absolute atomic E-state index is 9.23. The summed E-state index contributed by atoms with van der Waals surface area (Å²) < 4.78 is 32.4. The van der Waals surface area contributed by atoms with Crippen molar-refractivity contribution in [2.75, 3.05) is 47.8 Å². The van der Waals surface area contributed by atoms with E-state index < -0.39 is 0 Å². The van der Waals surface area contributed by atoms with E-state index in [1.807, 2.05) is 84.9 Å². The zero-order valence-corrected chi connectivity index (χ0v) is 28.9. The molecule has 0 aromatic heterocycles. The Hall–Kier alpha value is -2.92. The minimum Gasteiger partial charge on any atom is -0.396 e. The van der Waals surface area contributed by atoms with Crippen LogP contribution >= 0.6 is 0 Å². The van der Waals surface area contributed by atoms with Gasteiger partial charge in [0.1, 0.15) is 0 Å². The van der Waals surface area contributed by atoms with Gasteiger partial charge in [-0.3, -0.25) is 0 Å². The van der Waals surface area contributed by atoms with E-state index >= 15 is 0 Å². The molecule has 0 fully saturated rings. The second-order valence-corrected chi connectivity index (χ2v) is 11.1. The zero-order valence-electron chi connectivity index (χ0n) is 28.9. The second-order valence-electron chi connectivity index (χ2n) is 11.1. The summed E-state index contributed by atoms with van der Waals surface area (Å²) >= 11 is 0. The molecule has 2 N–H and O–H groups in total. The molecular formula is C41H66O8. The van der Waals surface area contributed by atoms with Crippen LogP contribution in [0.2, 0.25) is 0 Å². The fourth-order valence-corrected chi connectivity index (χ4v) is 4.27. The largest absolute Gasteiger partial charge is 0.396 e. The number of benzene rings is 3. The average molecular weight is 687 g/mol. The van der Waals surface area contributed by atoms with Crippen molar-refractivity contribution in [2.24, 2.45) is 0 Å². The minimum absolute atomic E-state index is 0. The van der Waals surface area contributed by atoms with E-state index in [4.69, 9.17) is 33.5 Å². The lowest BCUT2D eigenvalue weighted by Crippen LogP contribution is -2.23. The van der Waals surface area contributed by atoms with Gasteiger partial charge in [-0.15, -0.1) is 6.58 Å². The average Bonchev–Trinajstić information content (AvgIpc) is 3.10. The lowest BCUT2D eigenvalue weighted by Gasteiger charge is -2.16. The van der Waals surface area contributed by atoms with Crippen LogP contribution in [0.4, 0.5) is 0 Å². The molecule has 0 saturated heterocycles. The summed E-state index contributed by atoms with van der Waals surface area (Å²) in [5.74, 6) is 0. The molecule has 278 valence electrons. The molecule has 3 aromatic carbocycles. The maximum atomic E-state index is 9.23. The lowest BCUT2D eigenvalue weighted by atomic mass is 10.2. The van der Waals surface area contributed by atoms with Crippen molar-refractivity contribution in [3.05, 3.63) is 120 Å². The first-order valence-corrected chi connectivity index (χ1v) is 16.3. The highest BCUT2D eigenvalue weighted by atomic mass is 16.5. The van der Waals surface area contributed by atoms with Gasteiger partial charge < -0.3 is 38.6 Å². The molecule has 0 radical (unpaired) electrons. The molecule has 3 rings (SSSR count). The van der Waals surface area contributed by atoms with Crippen LogP contribution in [0, 0.1) is 0 Å². The quantitative estimate of drug-likeness (QED) is 0.103. The number of aliphatic hydroxyl groups excluding tert-OH is 2. The van der Waals surface area contributed by atoms with Crippen LogP contribution in [-0.4, -0.2) is 82.4 Å². The Balaban J connectivity index is 0. The van der Waals surface area contributed by atoms with E-state index in [2.05, 4.69) is 18.7 Å². The Bertz CT molecular complexity index is 1080. The maximum Gasteiger partial charge on any atom is 0.0839 e. The molecule has 0 bridgehead atoms. The SMILES string of the molecule is C.C.C=CC[C@@H](COCc1ccccc1)OC.CO[C@@H](CCCO)COCc1ccccc1.CO[C@H](COCc1ccccc1)CC(C)O. The molecule has 1 unspecified atom stereocenters. The van der Waals surface area contributed by atoms with Crippen molar-refractivity contribution in [1.82, 2.24) is 0 Å². The van der Waals surface area contributed by atoms with Gasteiger partial charge in [-0.05, 0) is 42.9 Å². The number of ether oxygens (including phenoxy) is 6. The van der Waals surface area contributed by atoms with Crippen molar-refractivity contribution in [3.8, 4) is 0 Å². The number of rotatable bonds is 22. The van der Waals surface area contributed by atoms with Crippen LogP contribution in [0.1, 0.15) is 64.2 Å². The van der Waals surface area contributed by atoms with E-state index in [1.165, 1.54) is 11.1 Å². The predicted octanol–water partition coefficient (Wildman–Crippen LogP) is 8.05. The molecule has 0 saturated carbocycles. The highest BCUT2D eigenvalue weighted by molar-refractivity contribution is 5.14. The molecule has 3 aromatic rings. The summed E-state index contributed by atoms with van der Waals surface area (Å²) in [5.41, 5.74) is 3.50. The van der Waals surface area contributed by atoms with Crippen molar-refractivity contribution in [3.63, 3.8) is 0 Å². The molecule has 8 nitrogen and oxygen atoms in total. The van der Waals surface area contributed by atoms with Crippen LogP contribution < -0.4 is 0 Å². The molecule has 49 heavy (non-hydrogen) atoms. The van der Waals surface area contributed by atoms with Gasteiger partial charge in [0.25, 0.3) is 0 Å². The van der Waals surface area contributed by atoms with E-state index in [0.717, 1.165) is 24.8 Å². The molecule has 0 aliphatic carbocycles. The Morgan fingerprint density at radius 2 is 0.980 bits per heavy atom. The molecule has 0 aliphatic rings. The molecule has 8 heteroatoms. The highest BCUT2D eigenvalue weighted by Crippen LogP contribution is 2.07. The summed E-state index contributed by atoms with van der Waals surface area (Å²) in [7, 11) is 5.01. The van der Waals surface area contributed by atoms with Crippen molar-refractivity contribution in [1.29, 1.82) is 0 Å². The van der Waals surface area contributed by atoms with Gasteiger partial charge in [-0.25, -0.2) is 0 Å². The Kier molecular flexibility index (Phi) is 33.0. The van der Waals surface area contributed by atoms with Crippen LogP contribution in [0.25, 0.3) is 0 Å². The highest BCUT2D eigenvalue weighted by Gasteiger charge is 2.11. The van der Waals surface area contributed by atoms with Gasteiger partial charge >= 0.3 is 0 Å². The van der Waals surface area contributed by atoms with Crippen molar-refractivity contribution < 1.29 is 38.6 Å². The molecule has 0 aliphatic heterocycles. The van der Waals surface area contributed by atoms with E-state index in [9.17, 15) is 5.11 Å². The third kappa shape index (κ3) is 26.6. The third-order valence-electron chi connectivity index (χ3n) is 6.96. The van der Waals surface area contributed by atoms with Gasteiger partial charge in [-0.2, -0.15) is 0 Å². The fourth-order valence-electron chi connectivity index (χ4n) is 4.27. The molecule has 4 atom stereocenters. The minimum atomic E-state index is -0.356. The van der Waals surface area contributed by atoms with Gasteiger partial charge in [-0.1, -0.05) is 112 Å². The second kappa shape index (κ2) is 33.6. The first-order chi connectivity index (χ1) is 22.9. The summed E-state index contributed by atoms with van der Waals surface area (Å²) in [6.45, 7) is 9.16. The Morgan fingerprint density at radius 1 is 0.612 bits per heavy atom. The smallest absolute Gasteiger partial charge is 0.0839 e. The molecule has 0 spiro atoms. The zero-order chi connectivity index (χ0) is 34.4. The van der Waals surface area contributed by atoms with E-state index in [1.54, 1.807) is 28.3 Å². The Morgan fingerprint density at radius 3 is 1.31 bits per heavy atom. The van der Waals surface area contributed by atoms with Crippen LogP contribution in [0.5, 0.6) is 0 Å². The number of hydrogen-bond donors (Lipinski definition) is 2. The van der Waals surface area contributed by atoms with Crippen molar-refractivity contribution >= 4 is 0 Å². The van der Waals surface area contributed by atoms with Gasteiger partial charge in [0.05, 0.1) is 64.1 Å². The predicted molar refractivity (Wildman–Crippen MR) is 202 cm³/mol. The van der Waals surface area contributed by atoms with E-state index in [-0.39, 0.29) is 45.9 Å². The molecular weight excluding hydrogens is 620 g/mol. The van der Waals surface area contributed by atoms with Crippen molar-refractivity contribution in [2.45, 2.75) is 91.7 Å². The number of methoxy groups -OCH3 is 3. The Labute approximate surface area is 298 Å². The third-order valence-corrected chi connectivity index (χ3v) is 6.96. The lowest BCUT2D eigenvalue weighted by molar-refractivity contribution is -0.0200. The summed E-state index contributed by atoms with van der Waals surface area (Å²) in [6, 6.07) is 30.2. The summed E-state index contributed by atoms with van der Waals surface area (Å²) in [5, 5.41) is 18.0. The van der Waals surface area contributed by atoms with Crippen LogP contribution in [0.3, 0.4) is 0 Å². The normalized spacial score (nSPS) is 12.7. The molecule has 0 heterocycles. The van der Waals surface area contributed by atoms with Gasteiger partial charge in [0.15, 0.2) is 0 Å². The van der Waals surface area contributed by atoms with Crippen LogP contribution in [-0.2, 0) is 48.2 Å². The van der Waals surface area contributed by atoms with Gasteiger partial charge in [0, 0.05) is 34.4 Å². The summed E-state index contributed by atoms with van der Waals surface area (Å²) in [6.07, 6.45) is 4.67. The first-order valence-electron chi connectivity index (χ1n) is 16.3. The fraction of sp³-hybridized carbons (Fsp3) is 0.512. The van der Waals surface area contributed by atoms with Crippen LogP contribution in [0.15, 0.2) is 104 Å². The number of hydrogen-bond acceptors (Lipinski definition) is 8. The van der Waals surface area contributed by atoms with E-state index in [0.29, 0.717) is 46.1 Å². The standard InChI is InChI=1S/2C13H20O3.C13H18O2.2CH4/c1-11(14)8-13(15-2)10-16-9-12-6-4-3-5-7-12;1-15-13(8-5-9-14)11-16-10-12-6-3-2-4-7-12;1-3-7-13(14-2)11-15-10-12-8-5-4-6-9-12;;/h3-7,11,13-14H,8-10H2,1-2H3;2-4,6-7,13-14H,5,8-11H2,1H3;3-6,8-9,13H,1,7,10-11H2,2H3;2*1H4/t11?,13-;2*13-;;/m000../s1. The topological polar surface area (TPSA) is 95.8 Å². The summed E-state index contributed by atoms with van der Waals surface area (Å²) in [4.78, 5) is 0.